The number of hydrogen-bond donors (Lipinski definition) is 2. The molecule has 2 amide bonds. The van der Waals surface area contributed by atoms with Gasteiger partial charge < -0.3 is 16.0 Å². The second-order valence-electron chi connectivity index (χ2n) is 5.91. The van der Waals surface area contributed by atoms with Crippen LogP contribution in [0.5, 0.6) is 0 Å². The highest BCUT2D eigenvalue weighted by atomic mass is 16.5. The fraction of sp³-hybridized carbons (Fsp3) is 0.389. The molecule has 6 nitrogen and oxygen atoms in total. The smallest absolute Gasteiger partial charge is 0.221 e. The van der Waals surface area contributed by atoms with E-state index in [0.29, 0.717) is 17.9 Å². The van der Waals surface area contributed by atoms with E-state index in [1.807, 2.05) is 36.4 Å². The summed E-state index contributed by atoms with van der Waals surface area (Å²) in [5, 5.41) is 4.09. The number of carbonyl (C=O) groups is 2. The summed E-state index contributed by atoms with van der Waals surface area (Å²) in [7, 11) is 0. The number of hydrogen-bond acceptors (Lipinski definition) is 4. The Bertz CT molecular complexity index is 682. The van der Waals surface area contributed by atoms with E-state index in [0.717, 1.165) is 18.4 Å². The van der Waals surface area contributed by atoms with Crippen molar-refractivity contribution in [3.8, 4) is 11.3 Å². The number of unbranched alkanes of at least 4 members (excludes halogenated alkanes) is 1. The van der Waals surface area contributed by atoms with Crippen LogP contribution in [0.25, 0.3) is 11.3 Å². The first-order chi connectivity index (χ1) is 11.5. The van der Waals surface area contributed by atoms with Gasteiger partial charge in [-0.25, -0.2) is 0 Å². The van der Waals surface area contributed by atoms with Gasteiger partial charge in [0.2, 0.25) is 11.8 Å². The first-order valence-electron chi connectivity index (χ1n) is 8.12. The predicted molar refractivity (Wildman–Crippen MR) is 90.7 cm³/mol. The summed E-state index contributed by atoms with van der Waals surface area (Å²) in [6.45, 7) is 2.06. The molecule has 0 aliphatic heterocycles. The minimum absolute atomic E-state index is 0.0922. The van der Waals surface area contributed by atoms with E-state index in [2.05, 4.69) is 12.1 Å². The van der Waals surface area contributed by atoms with Crippen LogP contribution in [0.4, 0.5) is 0 Å². The Labute approximate surface area is 141 Å². The van der Waals surface area contributed by atoms with E-state index in [4.69, 9.17) is 16.0 Å². The van der Waals surface area contributed by atoms with Gasteiger partial charge >= 0.3 is 0 Å². The third-order valence-corrected chi connectivity index (χ3v) is 4.10. The summed E-state index contributed by atoms with van der Waals surface area (Å²) in [4.78, 5) is 23.2. The molecular weight excluding hydrogens is 306 g/mol. The lowest BCUT2D eigenvalue weighted by Gasteiger charge is -2.21. The van der Waals surface area contributed by atoms with Crippen LogP contribution in [0, 0.1) is 5.92 Å². The van der Waals surface area contributed by atoms with Gasteiger partial charge in [-0.1, -0.05) is 55.3 Å². The maximum Gasteiger partial charge on any atom is 0.221 e. The molecule has 0 aliphatic carbocycles. The van der Waals surface area contributed by atoms with Crippen molar-refractivity contribution in [3.05, 3.63) is 42.2 Å². The first kappa shape index (κ1) is 17.7. The molecule has 6 heteroatoms. The van der Waals surface area contributed by atoms with Gasteiger partial charge in [-0.15, -0.1) is 0 Å². The number of nitrogens with zero attached hydrogens (tertiary/aromatic N) is 1. The van der Waals surface area contributed by atoms with Crippen LogP contribution < -0.4 is 11.5 Å². The Balaban J connectivity index is 2.31. The Kier molecular flexibility index (Phi) is 6.12. The van der Waals surface area contributed by atoms with Crippen molar-refractivity contribution in [3.63, 3.8) is 0 Å². The summed E-state index contributed by atoms with van der Waals surface area (Å²) in [5.41, 5.74) is 12.4. The summed E-state index contributed by atoms with van der Waals surface area (Å²) in [6, 6.07) is 11.4. The molecule has 0 bridgehead atoms. The van der Waals surface area contributed by atoms with E-state index in [1.165, 1.54) is 0 Å². The standard InChI is InChI=1S/C18H23N3O3/c1-2-3-9-13(14(18(20)23)10-17(19)22)16-11-15(21-24-16)12-7-5-4-6-8-12/h4-8,11,13-14H,2-3,9-10H2,1H3,(H2,19,22)(H2,20,23). The van der Waals surface area contributed by atoms with E-state index >= 15 is 0 Å². The second kappa shape index (κ2) is 8.29. The highest BCUT2D eigenvalue weighted by Gasteiger charge is 2.32. The van der Waals surface area contributed by atoms with Crippen molar-refractivity contribution >= 4 is 11.8 Å². The highest BCUT2D eigenvalue weighted by Crippen LogP contribution is 2.34. The number of primary amides is 2. The number of rotatable bonds is 9. The molecule has 24 heavy (non-hydrogen) atoms. The van der Waals surface area contributed by atoms with Gasteiger partial charge in [0.05, 0.1) is 5.92 Å². The average molecular weight is 329 g/mol. The van der Waals surface area contributed by atoms with Gasteiger partial charge in [0, 0.05) is 24.0 Å². The van der Waals surface area contributed by atoms with E-state index in [-0.39, 0.29) is 12.3 Å². The lowest BCUT2D eigenvalue weighted by molar-refractivity contribution is -0.128. The van der Waals surface area contributed by atoms with Crippen LogP contribution in [0.2, 0.25) is 0 Å². The van der Waals surface area contributed by atoms with Gasteiger partial charge in [-0.2, -0.15) is 0 Å². The van der Waals surface area contributed by atoms with Gasteiger partial charge in [0.25, 0.3) is 0 Å². The zero-order chi connectivity index (χ0) is 17.5. The molecule has 0 saturated carbocycles. The Hall–Kier alpha value is -2.63. The molecule has 0 saturated heterocycles. The van der Waals surface area contributed by atoms with E-state index in [9.17, 15) is 9.59 Å². The van der Waals surface area contributed by atoms with Crippen LogP contribution in [0.3, 0.4) is 0 Å². The zero-order valence-electron chi connectivity index (χ0n) is 13.8. The number of amides is 2. The molecule has 2 rings (SSSR count). The first-order valence-corrected chi connectivity index (χ1v) is 8.12. The van der Waals surface area contributed by atoms with Crippen LogP contribution in [-0.4, -0.2) is 17.0 Å². The molecule has 0 spiro atoms. The maximum absolute atomic E-state index is 11.8. The van der Waals surface area contributed by atoms with Crippen molar-refractivity contribution in [1.29, 1.82) is 0 Å². The van der Waals surface area contributed by atoms with Crippen molar-refractivity contribution < 1.29 is 14.1 Å². The summed E-state index contributed by atoms with van der Waals surface area (Å²) >= 11 is 0. The van der Waals surface area contributed by atoms with Crippen molar-refractivity contribution in [2.75, 3.05) is 0 Å². The van der Waals surface area contributed by atoms with Crippen LogP contribution in [0.15, 0.2) is 40.9 Å². The summed E-state index contributed by atoms with van der Waals surface area (Å²) in [5.74, 6) is -1.53. The summed E-state index contributed by atoms with van der Waals surface area (Å²) < 4.78 is 5.48. The average Bonchev–Trinajstić information content (AvgIpc) is 3.04. The van der Waals surface area contributed by atoms with Gasteiger partial charge in [-0.3, -0.25) is 9.59 Å². The number of carbonyl (C=O) groups excluding carboxylic acids is 2. The topological polar surface area (TPSA) is 112 Å². The van der Waals surface area contributed by atoms with Crippen LogP contribution in [-0.2, 0) is 9.59 Å². The molecule has 0 aliphatic rings. The van der Waals surface area contributed by atoms with E-state index < -0.39 is 17.7 Å². The second-order valence-corrected chi connectivity index (χ2v) is 5.91. The number of nitrogens with two attached hydrogens (primary N) is 2. The molecule has 1 heterocycles. The minimum atomic E-state index is -0.689. The van der Waals surface area contributed by atoms with Crippen molar-refractivity contribution in [2.45, 2.75) is 38.5 Å². The molecule has 2 aromatic rings. The van der Waals surface area contributed by atoms with Gasteiger partial charge in [0.1, 0.15) is 11.5 Å². The van der Waals surface area contributed by atoms with Gasteiger partial charge in [0.15, 0.2) is 0 Å². The monoisotopic (exact) mass is 329 g/mol. The largest absolute Gasteiger partial charge is 0.370 e. The molecule has 2 unspecified atom stereocenters. The molecule has 0 radical (unpaired) electrons. The molecule has 1 aromatic carbocycles. The minimum Gasteiger partial charge on any atom is -0.370 e. The van der Waals surface area contributed by atoms with Crippen LogP contribution in [0.1, 0.15) is 44.3 Å². The lowest BCUT2D eigenvalue weighted by Crippen LogP contribution is -2.32. The normalized spacial score (nSPS) is 13.4. The van der Waals surface area contributed by atoms with Crippen molar-refractivity contribution in [2.24, 2.45) is 17.4 Å². The Morgan fingerprint density at radius 3 is 2.50 bits per heavy atom. The lowest BCUT2D eigenvalue weighted by atomic mass is 9.83. The number of aromatic nitrogens is 1. The third-order valence-electron chi connectivity index (χ3n) is 4.10. The third kappa shape index (κ3) is 4.44. The Morgan fingerprint density at radius 1 is 1.21 bits per heavy atom. The van der Waals surface area contributed by atoms with Crippen molar-refractivity contribution in [1.82, 2.24) is 5.16 Å². The quantitative estimate of drug-likeness (QED) is 0.736. The maximum atomic E-state index is 11.8. The molecule has 4 N–H and O–H groups in total. The number of benzene rings is 1. The van der Waals surface area contributed by atoms with Crippen LogP contribution >= 0.6 is 0 Å². The fourth-order valence-corrected chi connectivity index (χ4v) is 2.83. The Morgan fingerprint density at radius 2 is 1.92 bits per heavy atom. The zero-order valence-corrected chi connectivity index (χ0v) is 13.8. The molecule has 2 atom stereocenters. The highest BCUT2D eigenvalue weighted by molar-refractivity contribution is 5.84. The fourth-order valence-electron chi connectivity index (χ4n) is 2.83. The molecule has 128 valence electrons. The SMILES string of the molecule is CCCCC(c1cc(-c2ccccc2)no1)C(CC(N)=O)C(N)=O. The van der Waals surface area contributed by atoms with Gasteiger partial charge in [-0.05, 0) is 6.42 Å². The molecular formula is C18H23N3O3. The predicted octanol–water partition coefficient (Wildman–Crippen LogP) is 2.59. The summed E-state index contributed by atoms with van der Waals surface area (Å²) in [6.07, 6.45) is 2.43. The molecule has 1 aromatic heterocycles. The van der Waals surface area contributed by atoms with E-state index in [1.54, 1.807) is 0 Å². The molecule has 0 fully saturated rings.